The Hall–Kier alpha value is -1.58. The standard InChI is InChI=1S/C16H17ClFNO/c1-11(12-4-3-5-15(9-12)20-2)19-10-13-8-14(17)6-7-16(13)18/h3-9,11,19H,10H2,1-2H3/t11-/m0/s1. The number of nitrogens with one attached hydrogen (secondary N) is 1. The zero-order valence-corrected chi connectivity index (χ0v) is 12.2. The van der Waals surface area contributed by atoms with Crippen LogP contribution in [0.1, 0.15) is 24.1 Å². The lowest BCUT2D eigenvalue weighted by molar-refractivity contribution is 0.413. The first-order valence-corrected chi connectivity index (χ1v) is 6.79. The highest BCUT2D eigenvalue weighted by atomic mass is 35.5. The zero-order chi connectivity index (χ0) is 14.5. The molecule has 1 N–H and O–H groups in total. The van der Waals surface area contributed by atoms with Crippen LogP contribution in [0, 0.1) is 5.82 Å². The summed E-state index contributed by atoms with van der Waals surface area (Å²) in [7, 11) is 1.64. The number of hydrogen-bond donors (Lipinski definition) is 1. The van der Waals surface area contributed by atoms with Crippen molar-refractivity contribution in [3.63, 3.8) is 0 Å². The minimum atomic E-state index is -0.250. The molecule has 0 radical (unpaired) electrons. The second kappa shape index (κ2) is 6.73. The summed E-state index contributed by atoms with van der Waals surface area (Å²) < 4.78 is 18.8. The maximum atomic E-state index is 13.6. The van der Waals surface area contributed by atoms with Crippen LogP contribution in [0.25, 0.3) is 0 Å². The maximum absolute atomic E-state index is 13.6. The summed E-state index contributed by atoms with van der Waals surface area (Å²) in [5.74, 6) is 0.560. The predicted octanol–water partition coefficient (Wildman–Crippen LogP) is 4.34. The Morgan fingerprint density at radius 2 is 2.05 bits per heavy atom. The SMILES string of the molecule is COc1cccc([C@H](C)NCc2cc(Cl)ccc2F)c1. The second-order valence-corrected chi connectivity index (χ2v) is 5.05. The first kappa shape index (κ1) is 14.8. The molecule has 2 aromatic rings. The van der Waals surface area contributed by atoms with E-state index in [9.17, 15) is 4.39 Å². The lowest BCUT2D eigenvalue weighted by Gasteiger charge is -2.15. The van der Waals surface area contributed by atoms with Gasteiger partial charge in [-0.05, 0) is 42.8 Å². The fourth-order valence-corrected chi connectivity index (χ4v) is 2.17. The third-order valence-electron chi connectivity index (χ3n) is 3.20. The van der Waals surface area contributed by atoms with Crippen LogP contribution in [0.15, 0.2) is 42.5 Å². The van der Waals surface area contributed by atoms with Crippen LogP contribution in [-0.2, 0) is 6.54 Å². The van der Waals surface area contributed by atoms with Gasteiger partial charge >= 0.3 is 0 Å². The molecule has 0 amide bonds. The van der Waals surface area contributed by atoms with E-state index in [0.29, 0.717) is 17.1 Å². The molecule has 0 spiro atoms. The van der Waals surface area contributed by atoms with Crippen LogP contribution in [0.4, 0.5) is 4.39 Å². The average Bonchev–Trinajstić information content (AvgIpc) is 2.48. The third-order valence-corrected chi connectivity index (χ3v) is 3.44. The van der Waals surface area contributed by atoms with E-state index >= 15 is 0 Å². The van der Waals surface area contributed by atoms with Gasteiger partial charge in [-0.1, -0.05) is 23.7 Å². The van der Waals surface area contributed by atoms with Gasteiger partial charge in [0.05, 0.1) is 7.11 Å². The highest BCUT2D eigenvalue weighted by molar-refractivity contribution is 6.30. The van der Waals surface area contributed by atoms with E-state index in [1.54, 1.807) is 19.2 Å². The summed E-state index contributed by atoms with van der Waals surface area (Å²) >= 11 is 5.88. The molecule has 1 atom stereocenters. The summed E-state index contributed by atoms with van der Waals surface area (Å²) in [6.07, 6.45) is 0. The van der Waals surface area contributed by atoms with Crippen molar-refractivity contribution in [3.05, 3.63) is 64.4 Å². The minimum Gasteiger partial charge on any atom is -0.497 e. The molecule has 0 aromatic heterocycles. The van der Waals surface area contributed by atoms with Crippen LogP contribution in [0.2, 0.25) is 5.02 Å². The van der Waals surface area contributed by atoms with Crippen molar-refractivity contribution in [2.45, 2.75) is 19.5 Å². The molecule has 2 rings (SSSR count). The molecular weight excluding hydrogens is 277 g/mol. The molecule has 0 saturated carbocycles. The number of hydrogen-bond acceptors (Lipinski definition) is 2. The highest BCUT2D eigenvalue weighted by Gasteiger charge is 2.08. The number of halogens is 2. The van der Waals surface area contributed by atoms with Crippen LogP contribution in [0.5, 0.6) is 5.75 Å². The first-order valence-electron chi connectivity index (χ1n) is 6.41. The Morgan fingerprint density at radius 1 is 1.25 bits per heavy atom. The molecule has 0 aliphatic heterocycles. The molecule has 0 saturated heterocycles. The Balaban J connectivity index is 2.04. The van der Waals surface area contributed by atoms with Gasteiger partial charge in [-0.15, -0.1) is 0 Å². The Morgan fingerprint density at radius 3 is 2.80 bits per heavy atom. The second-order valence-electron chi connectivity index (χ2n) is 4.61. The van der Waals surface area contributed by atoms with Crippen molar-refractivity contribution < 1.29 is 9.13 Å². The van der Waals surface area contributed by atoms with E-state index in [1.165, 1.54) is 6.07 Å². The van der Waals surface area contributed by atoms with E-state index < -0.39 is 0 Å². The van der Waals surface area contributed by atoms with Gasteiger partial charge in [-0.25, -0.2) is 4.39 Å². The lowest BCUT2D eigenvalue weighted by Crippen LogP contribution is -2.18. The third kappa shape index (κ3) is 3.71. The minimum absolute atomic E-state index is 0.0866. The zero-order valence-electron chi connectivity index (χ0n) is 11.5. The monoisotopic (exact) mass is 293 g/mol. The summed E-state index contributed by atoms with van der Waals surface area (Å²) in [5, 5.41) is 3.82. The molecular formula is C16H17ClFNO. The molecule has 0 aliphatic rings. The van der Waals surface area contributed by atoms with Gasteiger partial charge in [0.2, 0.25) is 0 Å². The van der Waals surface area contributed by atoms with Crippen LogP contribution < -0.4 is 10.1 Å². The van der Waals surface area contributed by atoms with E-state index in [2.05, 4.69) is 5.32 Å². The normalized spacial score (nSPS) is 12.2. The first-order chi connectivity index (χ1) is 9.60. The van der Waals surface area contributed by atoms with E-state index in [1.807, 2.05) is 31.2 Å². The molecule has 0 heterocycles. The van der Waals surface area contributed by atoms with Gasteiger partial charge < -0.3 is 10.1 Å². The van der Waals surface area contributed by atoms with Gasteiger partial charge in [0.1, 0.15) is 11.6 Å². The molecule has 106 valence electrons. The average molecular weight is 294 g/mol. The van der Waals surface area contributed by atoms with Gasteiger partial charge in [-0.3, -0.25) is 0 Å². The van der Waals surface area contributed by atoms with Gasteiger partial charge in [-0.2, -0.15) is 0 Å². The quantitative estimate of drug-likeness (QED) is 0.885. The number of rotatable bonds is 5. The van der Waals surface area contributed by atoms with Crippen LogP contribution in [0.3, 0.4) is 0 Å². The smallest absolute Gasteiger partial charge is 0.127 e. The van der Waals surface area contributed by atoms with E-state index in [4.69, 9.17) is 16.3 Å². The van der Waals surface area contributed by atoms with Crippen molar-refractivity contribution >= 4 is 11.6 Å². The van der Waals surface area contributed by atoms with Gasteiger partial charge in [0.25, 0.3) is 0 Å². The van der Waals surface area contributed by atoms with Crippen molar-refractivity contribution in [3.8, 4) is 5.75 Å². The molecule has 0 unspecified atom stereocenters. The molecule has 0 fully saturated rings. The molecule has 2 nitrogen and oxygen atoms in total. The predicted molar refractivity (Wildman–Crippen MR) is 79.7 cm³/mol. The molecule has 20 heavy (non-hydrogen) atoms. The van der Waals surface area contributed by atoms with E-state index in [0.717, 1.165) is 11.3 Å². The molecule has 2 aromatic carbocycles. The summed E-state index contributed by atoms with van der Waals surface area (Å²) in [6.45, 7) is 2.45. The fourth-order valence-electron chi connectivity index (χ4n) is 1.97. The van der Waals surface area contributed by atoms with Gasteiger partial charge in [0.15, 0.2) is 0 Å². The molecule has 4 heteroatoms. The lowest BCUT2D eigenvalue weighted by atomic mass is 10.1. The number of benzene rings is 2. The Bertz CT molecular complexity index is 588. The van der Waals surface area contributed by atoms with Crippen LogP contribution in [-0.4, -0.2) is 7.11 Å². The maximum Gasteiger partial charge on any atom is 0.127 e. The summed E-state index contributed by atoms with van der Waals surface area (Å²) in [6, 6.07) is 12.5. The summed E-state index contributed by atoms with van der Waals surface area (Å²) in [4.78, 5) is 0. The fraction of sp³-hybridized carbons (Fsp3) is 0.250. The number of ether oxygens (including phenoxy) is 1. The number of methoxy groups -OCH3 is 1. The van der Waals surface area contributed by atoms with Crippen molar-refractivity contribution in [2.75, 3.05) is 7.11 Å². The van der Waals surface area contributed by atoms with Crippen molar-refractivity contribution in [1.82, 2.24) is 5.32 Å². The topological polar surface area (TPSA) is 21.3 Å². The molecule has 0 aliphatic carbocycles. The van der Waals surface area contributed by atoms with Crippen molar-refractivity contribution in [1.29, 1.82) is 0 Å². The van der Waals surface area contributed by atoms with Crippen LogP contribution >= 0.6 is 11.6 Å². The Labute approximate surface area is 123 Å². The Kier molecular flexibility index (Phi) is 4.99. The van der Waals surface area contributed by atoms with Gasteiger partial charge in [0, 0.05) is 23.2 Å². The van der Waals surface area contributed by atoms with Crippen molar-refractivity contribution in [2.24, 2.45) is 0 Å². The highest BCUT2D eigenvalue weighted by Crippen LogP contribution is 2.20. The summed E-state index contributed by atoms with van der Waals surface area (Å²) in [5.41, 5.74) is 1.65. The molecule has 0 bridgehead atoms. The largest absolute Gasteiger partial charge is 0.497 e. The van der Waals surface area contributed by atoms with E-state index in [-0.39, 0.29) is 11.9 Å².